The van der Waals surface area contributed by atoms with Crippen molar-refractivity contribution in [2.75, 3.05) is 20.3 Å². The summed E-state index contributed by atoms with van der Waals surface area (Å²) in [5.74, 6) is 1.29. The Bertz CT molecular complexity index is 674. The summed E-state index contributed by atoms with van der Waals surface area (Å²) < 4.78 is 10.8. The van der Waals surface area contributed by atoms with Gasteiger partial charge in [-0.1, -0.05) is 35.3 Å². The van der Waals surface area contributed by atoms with Crippen molar-refractivity contribution >= 4 is 29.4 Å². The van der Waals surface area contributed by atoms with E-state index in [1.165, 1.54) is 12.3 Å². The fraction of sp³-hybridized carbons (Fsp3) is 0.188. The van der Waals surface area contributed by atoms with Crippen LogP contribution in [-0.4, -0.2) is 31.6 Å². The van der Waals surface area contributed by atoms with Crippen molar-refractivity contribution < 1.29 is 14.6 Å². The number of benzene rings is 2. The van der Waals surface area contributed by atoms with Gasteiger partial charge in [-0.25, -0.2) is 0 Å². The van der Waals surface area contributed by atoms with Crippen LogP contribution in [0.15, 0.2) is 41.4 Å². The highest BCUT2D eigenvalue weighted by Gasteiger charge is 2.05. The molecule has 0 atom stereocenters. The van der Waals surface area contributed by atoms with Crippen molar-refractivity contribution in [3.63, 3.8) is 0 Å². The van der Waals surface area contributed by atoms with Crippen LogP contribution in [0.2, 0.25) is 10.0 Å². The van der Waals surface area contributed by atoms with E-state index in [1.54, 1.807) is 13.2 Å². The Morgan fingerprint density at radius 3 is 2.64 bits per heavy atom. The molecule has 0 fully saturated rings. The average Bonchev–Trinajstić information content (AvgIpc) is 2.51. The lowest BCUT2D eigenvalue weighted by Crippen LogP contribution is -2.02. The summed E-state index contributed by atoms with van der Waals surface area (Å²) in [6.45, 7) is 0.799. The number of rotatable bonds is 6. The fourth-order valence-electron chi connectivity index (χ4n) is 1.79. The molecule has 1 N–H and O–H groups in total. The van der Waals surface area contributed by atoms with Gasteiger partial charge in [0.1, 0.15) is 12.4 Å². The molecule has 0 unspecified atom stereocenters. The molecule has 0 heterocycles. The van der Waals surface area contributed by atoms with Gasteiger partial charge < -0.3 is 14.6 Å². The molecular weight excluding hydrogens is 325 g/mol. The number of nitrogens with zero attached hydrogens (tertiary/aromatic N) is 1. The van der Waals surface area contributed by atoms with Gasteiger partial charge in [0.05, 0.1) is 18.7 Å². The third-order valence-electron chi connectivity index (χ3n) is 2.84. The Morgan fingerprint density at radius 1 is 1.18 bits per heavy atom. The molecule has 0 radical (unpaired) electrons. The predicted molar refractivity (Wildman–Crippen MR) is 89.1 cm³/mol. The number of ether oxygens (including phenoxy) is 2. The Kier molecular flexibility index (Phi) is 5.92. The summed E-state index contributed by atoms with van der Waals surface area (Å²) in [7, 11) is 1.59. The summed E-state index contributed by atoms with van der Waals surface area (Å²) in [6.07, 6.45) is 1.51. The number of halogens is 2. The largest absolute Gasteiger partial charge is 0.506 e. The van der Waals surface area contributed by atoms with Crippen LogP contribution in [0.5, 0.6) is 17.2 Å². The lowest BCUT2D eigenvalue weighted by atomic mass is 10.2. The minimum Gasteiger partial charge on any atom is -0.506 e. The van der Waals surface area contributed by atoms with Crippen molar-refractivity contribution in [3.05, 3.63) is 52.0 Å². The summed E-state index contributed by atoms with van der Waals surface area (Å²) in [6, 6.07) is 10.5. The van der Waals surface area contributed by atoms with Crippen LogP contribution in [0.3, 0.4) is 0 Å². The molecule has 116 valence electrons. The molecule has 2 aromatic carbocycles. The van der Waals surface area contributed by atoms with Gasteiger partial charge in [-0.15, -0.1) is 0 Å². The predicted octanol–water partition coefficient (Wildman–Crippen LogP) is 4.21. The van der Waals surface area contributed by atoms with Crippen LogP contribution < -0.4 is 9.47 Å². The summed E-state index contributed by atoms with van der Waals surface area (Å²) in [4.78, 5) is 4.19. The van der Waals surface area contributed by atoms with Crippen LogP contribution in [-0.2, 0) is 0 Å². The van der Waals surface area contributed by atoms with E-state index in [0.717, 1.165) is 0 Å². The van der Waals surface area contributed by atoms with Gasteiger partial charge in [0.2, 0.25) is 0 Å². The second kappa shape index (κ2) is 7.92. The van der Waals surface area contributed by atoms with Gasteiger partial charge in [-0.3, -0.25) is 4.99 Å². The standard InChI is InChI=1S/C16H15Cl2NO3/c1-21-14-4-2-3-5-15(14)22-7-6-19-10-11-8-12(17)9-13(18)16(11)20/h2-5,8-10,20H,6-7H2,1H3. The van der Waals surface area contributed by atoms with E-state index in [9.17, 15) is 5.11 Å². The van der Waals surface area contributed by atoms with Gasteiger partial charge in [0.15, 0.2) is 11.5 Å². The van der Waals surface area contributed by atoms with Crippen molar-refractivity contribution in [3.8, 4) is 17.2 Å². The molecule has 0 spiro atoms. The number of hydrogen-bond acceptors (Lipinski definition) is 4. The molecule has 4 nitrogen and oxygen atoms in total. The molecule has 0 aromatic heterocycles. The zero-order valence-electron chi connectivity index (χ0n) is 11.9. The maximum atomic E-state index is 9.80. The Labute approximate surface area is 138 Å². The van der Waals surface area contributed by atoms with E-state index >= 15 is 0 Å². The van der Waals surface area contributed by atoms with Gasteiger partial charge >= 0.3 is 0 Å². The van der Waals surface area contributed by atoms with E-state index in [4.69, 9.17) is 32.7 Å². The average molecular weight is 340 g/mol. The van der Waals surface area contributed by atoms with Crippen molar-refractivity contribution in [2.24, 2.45) is 4.99 Å². The first-order valence-corrected chi connectivity index (χ1v) is 7.31. The number of methoxy groups -OCH3 is 1. The highest BCUT2D eigenvalue weighted by atomic mass is 35.5. The van der Waals surface area contributed by atoms with Crippen LogP contribution in [0.4, 0.5) is 0 Å². The molecule has 0 saturated carbocycles. The van der Waals surface area contributed by atoms with Crippen LogP contribution in [0.25, 0.3) is 0 Å². The zero-order chi connectivity index (χ0) is 15.9. The van der Waals surface area contributed by atoms with Gasteiger partial charge in [-0.05, 0) is 24.3 Å². The van der Waals surface area contributed by atoms with E-state index < -0.39 is 0 Å². The van der Waals surface area contributed by atoms with Crippen LogP contribution >= 0.6 is 23.2 Å². The zero-order valence-corrected chi connectivity index (χ0v) is 13.4. The molecule has 0 saturated heterocycles. The number of aliphatic imine (C=N–C) groups is 1. The number of hydrogen-bond donors (Lipinski definition) is 1. The van der Waals surface area contributed by atoms with Crippen molar-refractivity contribution in [1.29, 1.82) is 0 Å². The Hall–Kier alpha value is -1.91. The van der Waals surface area contributed by atoms with Crippen LogP contribution in [0, 0.1) is 0 Å². The van der Waals surface area contributed by atoms with Gasteiger partial charge in [-0.2, -0.15) is 0 Å². The first-order valence-electron chi connectivity index (χ1n) is 6.55. The molecule has 0 aliphatic rings. The van der Waals surface area contributed by atoms with Gasteiger partial charge in [0.25, 0.3) is 0 Å². The van der Waals surface area contributed by atoms with E-state index in [1.807, 2.05) is 24.3 Å². The number of aromatic hydroxyl groups is 1. The molecule has 6 heteroatoms. The monoisotopic (exact) mass is 339 g/mol. The summed E-state index contributed by atoms with van der Waals surface area (Å²) in [5.41, 5.74) is 0.467. The highest BCUT2D eigenvalue weighted by molar-refractivity contribution is 6.36. The molecule has 22 heavy (non-hydrogen) atoms. The molecule has 0 aliphatic heterocycles. The minimum absolute atomic E-state index is 0.0412. The second-order valence-electron chi connectivity index (χ2n) is 4.36. The third-order valence-corrected chi connectivity index (χ3v) is 3.34. The SMILES string of the molecule is COc1ccccc1OCCN=Cc1cc(Cl)cc(Cl)c1O. The molecule has 2 rings (SSSR count). The third kappa shape index (κ3) is 4.29. The topological polar surface area (TPSA) is 51.0 Å². The summed E-state index contributed by atoms with van der Waals surface area (Å²) in [5, 5.41) is 10.4. The normalized spacial score (nSPS) is 10.9. The summed E-state index contributed by atoms with van der Waals surface area (Å²) >= 11 is 11.7. The lowest BCUT2D eigenvalue weighted by molar-refractivity contribution is 0.303. The quantitative estimate of drug-likeness (QED) is 0.633. The maximum Gasteiger partial charge on any atom is 0.161 e. The van der Waals surface area contributed by atoms with Gasteiger partial charge in [0, 0.05) is 16.8 Å². The maximum absolute atomic E-state index is 9.80. The van der Waals surface area contributed by atoms with E-state index in [0.29, 0.717) is 35.2 Å². The Morgan fingerprint density at radius 2 is 1.91 bits per heavy atom. The first-order chi connectivity index (χ1) is 10.6. The number of phenolic OH excluding ortho intramolecular Hbond substituents is 1. The molecular formula is C16H15Cl2NO3. The molecule has 0 aliphatic carbocycles. The second-order valence-corrected chi connectivity index (χ2v) is 5.20. The van der Waals surface area contributed by atoms with Crippen molar-refractivity contribution in [2.45, 2.75) is 0 Å². The fourth-order valence-corrected chi connectivity index (χ4v) is 2.30. The first kappa shape index (κ1) is 16.5. The number of phenols is 1. The molecule has 2 aromatic rings. The van der Waals surface area contributed by atoms with Crippen molar-refractivity contribution in [1.82, 2.24) is 0 Å². The van der Waals surface area contributed by atoms with E-state index in [-0.39, 0.29) is 10.8 Å². The van der Waals surface area contributed by atoms with E-state index in [2.05, 4.69) is 4.99 Å². The smallest absolute Gasteiger partial charge is 0.161 e. The highest BCUT2D eigenvalue weighted by Crippen LogP contribution is 2.30. The molecule has 0 bridgehead atoms. The number of para-hydroxylation sites is 2. The minimum atomic E-state index is -0.0412. The van der Waals surface area contributed by atoms with Crippen LogP contribution in [0.1, 0.15) is 5.56 Å². The molecule has 0 amide bonds. The Balaban J connectivity index is 1.91. The lowest BCUT2D eigenvalue weighted by Gasteiger charge is -2.08.